The van der Waals surface area contributed by atoms with Crippen LogP contribution in [-0.2, 0) is 0 Å². The Labute approximate surface area is 91.4 Å². The fourth-order valence-electron chi connectivity index (χ4n) is 1.46. The zero-order chi connectivity index (χ0) is 11.3. The second kappa shape index (κ2) is 5.63. The molecule has 0 aliphatic heterocycles. The van der Waals surface area contributed by atoms with Crippen LogP contribution in [0.3, 0.4) is 0 Å². The second-order valence-electron chi connectivity index (χ2n) is 3.97. The lowest BCUT2D eigenvalue weighted by atomic mass is 10.0. The van der Waals surface area contributed by atoms with E-state index >= 15 is 0 Å². The maximum absolute atomic E-state index is 5.52. The molecule has 0 radical (unpaired) electrons. The number of pyridine rings is 1. The molecule has 3 nitrogen and oxygen atoms in total. The van der Waals surface area contributed by atoms with Gasteiger partial charge in [0.2, 0.25) is 0 Å². The lowest BCUT2D eigenvalue weighted by Gasteiger charge is -2.15. The van der Waals surface area contributed by atoms with Crippen LogP contribution in [0.25, 0.3) is 0 Å². The minimum atomic E-state index is 0.113. The van der Waals surface area contributed by atoms with Crippen LogP contribution in [-0.4, -0.2) is 4.98 Å². The summed E-state index contributed by atoms with van der Waals surface area (Å²) < 4.78 is 0. The Balaban J connectivity index is 2.69. The van der Waals surface area contributed by atoms with Gasteiger partial charge in [0.25, 0.3) is 0 Å². The highest BCUT2D eigenvalue weighted by atomic mass is 15.2. The van der Waals surface area contributed by atoms with Crippen LogP contribution in [0.5, 0.6) is 0 Å². The molecule has 1 atom stereocenters. The van der Waals surface area contributed by atoms with Crippen LogP contribution in [0.15, 0.2) is 30.5 Å². The summed E-state index contributed by atoms with van der Waals surface area (Å²) in [5, 5.41) is 0. The fourth-order valence-corrected chi connectivity index (χ4v) is 1.46. The summed E-state index contributed by atoms with van der Waals surface area (Å²) in [4.78, 5) is 4.32. The number of hydrogen-bond donors (Lipinski definition) is 2. The molecule has 0 amide bonds. The average molecular weight is 205 g/mol. The number of rotatable bonds is 5. The third-order valence-corrected chi connectivity index (χ3v) is 2.35. The van der Waals surface area contributed by atoms with Gasteiger partial charge in [0.05, 0.1) is 11.7 Å². The topological polar surface area (TPSA) is 50.9 Å². The first-order valence-electron chi connectivity index (χ1n) is 5.16. The predicted octanol–water partition coefficient (Wildman–Crippen LogP) is 2.25. The first kappa shape index (κ1) is 11.9. The molecule has 0 spiro atoms. The molecule has 1 rings (SSSR count). The van der Waals surface area contributed by atoms with Crippen LogP contribution in [0, 0.1) is 6.92 Å². The molecule has 0 bridgehead atoms. The number of aryl methyl sites for hydroxylation is 1. The minimum absolute atomic E-state index is 0.113. The smallest absolute Gasteiger partial charge is 0.0635 e. The highest BCUT2D eigenvalue weighted by Gasteiger charge is 2.10. The van der Waals surface area contributed by atoms with Gasteiger partial charge in [0, 0.05) is 6.20 Å². The van der Waals surface area contributed by atoms with Gasteiger partial charge >= 0.3 is 0 Å². The number of hydrazine groups is 1. The number of aromatic nitrogens is 1. The van der Waals surface area contributed by atoms with Crippen molar-refractivity contribution in [3.63, 3.8) is 0 Å². The first-order valence-corrected chi connectivity index (χ1v) is 5.16. The van der Waals surface area contributed by atoms with Gasteiger partial charge in [0.1, 0.15) is 0 Å². The monoisotopic (exact) mass is 205 g/mol. The molecule has 1 aromatic rings. The summed E-state index contributed by atoms with van der Waals surface area (Å²) in [5.41, 5.74) is 6.17. The molecule has 1 unspecified atom stereocenters. The Morgan fingerprint density at radius 3 is 2.93 bits per heavy atom. The van der Waals surface area contributed by atoms with E-state index in [-0.39, 0.29) is 6.04 Å². The second-order valence-corrected chi connectivity index (χ2v) is 3.97. The van der Waals surface area contributed by atoms with Crippen molar-refractivity contribution in [3.05, 3.63) is 41.7 Å². The molecule has 1 heterocycles. The Hall–Kier alpha value is -1.19. The molecule has 0 fully saturated rings. The molecular formula is C12H19N3. The van der Waals surface area contributed by atoms with Crippen molar-refractivity contribution in [3.8, 4) is 0 Å². The number of nitrogens with zero attached hydrogens (tertiary/aromatic N) is 1. The van der Waals surface area contributed by atoms with Crippen LogP contribution in [0.1, 0.15) is 37.1 Å². The summed E-state index contributed by atoms with van der Waals surface area (Å²) in [7, 11) is 0. The average Bonchev–Trinajstić information content (AvgIpc) is 2.18. The predicted molar refractivity (Wildman–Crippen MR) is 63.1 cm³/mol. The Morgan fingerprint density at radius 1 is 1.67 bits per heavy atom. The third kappa shape index (κ3) is 3.81. The number of nitrogens with one attached hydrogen (secondary N) is 1. The summed E-state index contributed by atoms with van der Waals surface area (Å²) in [6, 6.07) is 4.15. The molecule has 3 N–H and O–H groups in total. The van der Waals surface area contributed by atoms with Crippen LogP contribution in [0.2, 0.25) is 0 Å². The van der Waals surface area contributed by atoms with Gasteiger partial charge in [0.15, 0.2) is 0 Å². The lowest BCUT2D eigenvalue weighted by Crippen LogP contribution is -2.28. The van der Waals surface area contributed by atoms with E-state index < -0.39 is 0 Å². The molecule has 15 heavy (non-hydrogen) atoms. The molecule has 1 aromatic heterocycles. The van der Waals surface area contributed by atoms with E-state index in [0.29, 0.717) is 0 Å². The lowest BCUT2D eigenvalue weighted by molar-refractivity contribution is 0.503. The van der Waals surface area contributed by atoms with Crippen molar-refractivity contribution < 1.29 is 0 Å². The quantitative estimate of drug-likeness (QED) is 0.440. The molecule has 0 aromatic carbocycles. The van der Waals surface area contributed by atoms with Crippen molar-refractivity contribution in [2.24, 2.45) is 5.84 Å². The van der Waals surface area contributed by atoms with E-state index in [0.717, 1.165) is 18.5 Å². The van der Waals surface area contributed by atoms with E-state index in [4.69, 9.17) is 5.84 Å². The highest BCUT2D eigenvalue weighted by molar-refractivity contribution is 5.17. The molecule has 3 heteroatoms. The van der Waals surface area contributed by atoms with E-state index in [1.165, 1.54) is 11.1 Å². The van der Waals surface area contributed by atoms with E-state index in [1.54, 1.807) is 0 Å². The van der Waals surface area contributed by atoms with Gasteiger partial charge in [-0.25, -0.2) is 0 Å². The maximum Gasteiger partial charge on any atom is 0.0635 e. The zero-order valence-corrected chi connectivity index (χ0v) is 9.46. The summed E-state index contributed by atoms with van der Waals surface area (Å²) >= 11 is 0. The Morgan fingerprint density at radius 2 is 2.40 bits per heavy atom. The van der Waals surface area contributed by atoms with Crippen molar-refractivity contribution in [1.29, 1.82) is 0 Å². The van der Waals surface area contributed by atoms with Gasteiger partial charge in [-0.2, -0.15) is 0 Å². The zero-order valence-electron chi connectivity index (χ0n) is 9.46. The van der Waals surface area contributed by atoms with Crippen molar-refractivity contribution in [1.82, 2.24) is 10.4 Å². The van der Waals surface area contributed by atoms with E-state index in [2.05, 4.69) is 30.0 Å². The Kier molecular flexibility index (Phi) is 4.46. The van der Waals surface area contributed by atoms with Gasteiger partial charge in [-0.05, 0) is 44.4 Å². The number of hydrogen-bond acceptors (Lipinski definition) is 3. The molecular weight excluding hydrogens is 186 g/mol. The maximum atomic E-state index is 5.52. The van der Waals surface area contributed by atoms with Gasteiger partial charge in [-0.15, -0.1) is 6.58 Å². The SMILES string of the molecule is C=C(C)CCC(NN)c1cc(C)ccn1. The molecule has 0 aliphatic carbocycles. The standard InChI is InChI=1S/C12H19N3/c1-9(2)4-5-11(15-13)12-8-10(3)6-7-14-12/h6-8,11,15H,1,4-5,13H2,2-3H3. The van der Waals surface area contributed by atoms with Crippen molar-refractivity contribution in [2.45, 2.75) is 32.7 Å². The van der Waals surface area contributed by atoms with Gasteiger partial charge < -0.3 is 0 Å². The van der Waals surface area contributed by atoms with Gasteiger partial charge in [-0.1, -0.05) is 5.57 Å². The van der Waals surface area contributed by atoms with E-state index in [9.17, 15) is 0 Å². The molecule has 0 saturated heterocycles. The molecule has 0 saturated carbocycles. The van der Waals surface area contributed by atoms with Crippen LogP contribution < -0.4 is 11.3 Å². The summed E-state index contributed by atoms with van der Waals surface area (Å²) in [6.45, 7) is 7.96. The molecule has 0 aliphatic rings. The van der Waals surface area contributed by atoms with E-state index in [1.807, 2.05) is 19.2 Å². The largest absolute Gasteiger partial charge is 0.271 e. The Bertz CT molecular complexity index is 333. The van der Waals surface area contributed by atoms with Gasteiger partial charge in [-0.3, -0.25) is 16.3 Å². The van der Waals surface area contributed by atoms with Crippen LogP contribution >= 0.6 is 0 Å². The summed E-state index contributed by atoms with van der Waals surface area (Å²) in [5.74, 6) is 5.52. The summed E-state index contributed by atoms with van der Waals surface area (Å²) in [6.07, 6.45) is 3.71. The molecule has 82 valence electrons. The van der Waals surface area contributed by atoms with Crippen molar-refractivity contribution >= 4 is 0 Å². The normalized spacial score (nSPS) is 12.5. The first-order chi connectivity index (χ1) is 7.13. The number of allylic oxidation sites excluding steroid dienone is 1. The fraction of sp³-hybridized carbons (Fsp3) is 0.417. The van der Waals surface area contributed by atoms with Crippen molar-refractivity contribution in [2.75, 3.05) is 0 Å². The minimum Gasteiger partial charge on any atom is -0.271 e. The highest BCUT2D eigenvalue weighted by Crippen LogP contribution is 2.18. The third-order valence-electron chi connectivity index (χ3n) is 2.35. The number of nitrogens with two attached hydrogens (primary N) is 1. The van der Waals surface area contributed by atoms with Crippen LogP contribution in [0.4, 0.5) is 0 Å².